The van der Waals surface area contributed by atoms with Crippen molar-refractivity contribution in [2.75, 3.05) is 19.8 Å². The number of alkyl halides is 3. The van der Waals surface area contributed by atoms with E-state index >= 15 is 0 Å². The predicted molar refractivity (Wildman–Crippen MR) is 65.9 cm³/mol. The van der Waals surface area contributed by atoms with Gasteiger partial charge in [0.2, 0.25) is 0 Å². The van der Waals surface area contributed by atoms with Gasteiger partial charge >= 0.3 is 6.18 Å². The van der Waals surface area contributed by atoms with Gasteiger partial charge in [0, 0.05) is 25.7 Å². The van der Waals surface area contributed by atoms with E-state index in [1.807, 2.05) is 19.2 Å². The highest BCUT2D eigenvalue weighted by Crippen LogP contribution is 2.14. The molecule has 0 fully saturated rings. The van der Waals surface area contributed by atoms with Gasteiger partial charge < -0.3 is 10.1 Å². The van der Waals surface area contributed by atoms with Crippen molar-refractivity contribution in [3.8, 4) is 0 Å². The minimum absolute atomic E-state index is 0.0239. The molecule has 0 aliphatic rings. The molecule has 7 heteroatoms. The van der Waals surface area contributed by atoms with Crippen LogP contribution in [0.4, 0.5) is 13.2 Å². The molecule has 1 N–H and O–H groups in total. The van der Waals surface area contributed by atoms with Crippen LogP contribution < -0.4 is 5.32 Å². The van der Waals surface area contributed by atoms with Gasteiger partial charge in [0.15, 0.2) is 0 Å². The molecule has 0 amide bonds. The van der Waals surface area contributed by atoms with Crippen LogP contribution in [0, 0.1) is 0 Å². The first kappa shape index (κ1) is 16.0. The van der Waals surface area contributed by atoms with Crippen molar-refractivity contribution in [1.29, 1.82) is 0 Å². The van der Waals surface area contributed by atoms with Crippen molar-refractivity contribution in [3.63, 3.8) is 0 Å². The van der Waals surface area contributed by atoms with E-state index in [0.717, 1.165) is 18.7 Å². The summed E-state index contributed by atoms with van der Waals surface area (Å²) < 4.78 is 42.5. The number of hydrogen-bond acceptors (Lipinski definition) is 3. The zero-order valence-electron chi connectivity index (χ0n) is 11.2. The Bertz CT molecular complexity index is 365. The number of aromatic nitrogens is 2. The van der Waals surface area contributed by atoms with E-state index in [1.165, 1.54) is 0 Å². The van der Waals surface area contributed by atoms with Crippen LogP contribution in [-0.2, 0) is 18.2 Å². The summed E-state index contributed by atoms with van der Waals surface area (Å²) >= 11 is 0. The maximum absolute atomic E-state index is 12.0. The molecule has 0 radical (unpaired) electrons. The third-order valence-electron chi connectivity index (χ3n) is 2.49. The van der Waals surface area contributed by atoms with Crippen molar-refractivity contribution in [1.82, 2.24) is 15.1 Å². The fourth-order valence-corrected chi connectivity index (χ4v) is 1.68. The standard InChI is InChI=1S/C12H20F3N3O/c1-3-5-16-11(8-19-9-12(13,14)15)7-10-4-6-18(2)17-10/h4,6,11,16H,3,5,7-9H2,1-2H3. The minimum atomic E-state index is -4.28. The Balaban J connectivity index is 2.42. The Morgan fingerprint density at radius 2 is 2.21 bits per heavy atom. The largest absolute Gasteiger partial charge is 0.411 e. The van der Waals surface area contributed by atoms with Gasteiger partial charge in [0.05, 0.1) is 12.3 Å². The summed E-state index contributed by atoms with van der Waals surface area (Å²) in [5, 5.41) is 7.39. The highest BCUT2D eigenvalue weighted by molar-refractivity contribution is 5.01. The van der Waals surface area contributed by atoms with Crippen molar-refractivity contribution in [2.45, 2.75) is 32.0 Å². The van der Waals surface area contributed by atoms with Gasteiger partial charge in [-0.25, -0.2) is 0 Å². The average Bonchev–Trinajstić information content (AvgIpc) is 2.70. The van der Waals surface area contributed by atoms with E-state index < -0.39 is 12.8 Å². The molecule has 0 aromatic carbocycles. The quantitative estimate of drug-likeness (QED) is 0.790. The molecule has 0 aliphatic carbocycles. The van der Waals surface area contributed by atoms with E-state index in [2.05, 4.69) is 10.4 Å². The zero-order valence-corrected chi connectivity index (χ0v) is 11.2. The topological polar surface area (TPSA) is 39.1 Å². The van der Waals surface area contributed by atoms with Gasteiger partial charge in [-0.3, -0.25) is 4.68 Å². The lowest BCUT2D eigenvalue weighted by Crippen LogP contribution is -2.37. The first-order valence-electron chi connectivity index (χ1n) is 6.27. The molecule has 0 bridgehead atoms. The number of halogens is 3. The first-order chi connectivity index (χ1) is 8.90. The Hall–Kier alpha value is -1.08. The molecule has 0 saturated carbocycles. The molecule has 0 spiro atoms. The summed E-state index contributed by atoms with van der Waals surface area (Å²) in [4.78, 5) is 0. The number of ether oxygens (including phenoxy) is 1. The maximum Gasteiger partial charge on any atom is 0.411 e. The second kappa shape index (κ2) is 7.49. The van der Waals surface area contributed by atoms with E-state index in [1.54, 1.807) is 11.7 Å². The Morgan fingerprint density at radius 1 is 1.47 bits per heavy atom. The van der Waals surface area contributed by atoms with Gasteiger partial charge in [0.25, 0.3) is 0 Å². The Kier molecular flexibility index (Phi) is 6.30. The lowest BCUT2D eigenvalue weighted by atomic mass is 10.1. The van der Waals surface area contributed by atoms with Gasteiger partial charge in [-0.1, -0.05) is 6.92 Å². The maximum atomic E-state index is 12.0. The first-order valence-corrected chi connectivity index (χ1v) is 6.27. The second-order valence-electron chi connectivity index (χ2n) is 4.47. The van der Waals surface area contributed by atoms with Crippen LogP contribution in [0.1, 0.15) is 19.0 Å². The van der Waals surface area contributed by atoms with E-state index in [-0.39, 0.29) is 12.6 Å². The highest BCUT2D eigenvalue weighted by Gasteiger charge is 2.28. The molecule has 110 valence electrons. The van der Waals surface area contributed by atoms with E-state index in [4.69, 9.17) is 4.74 Å². The summed E-state index contributed by atoms with van der Waals surface area (Å²) in [5.41, 5.74) is 0.840. The van der Waals surface area contributed by atoms with Crippen LogP contribution in [0.3, 0.4) is 0 Å². The Labute approximate surface area is 110 Å². The predicted octanol–water partition coefficient (Wildman–Crippen LogP) is 1.91. The molecule has 1 unspecified atom stereocenters. The van der Waals surface area contributed by atoms with Gasteiger partial charge in [-0.15, -0.1) is 0 Å². The lowest BCUT2D eigenvalue weighted by Gasteiger charge is -2.18. The van der Waals surface area contributed by atoms with Crippen molar-refractivity contribution < 1.29 is 17.9 Å². The summed E-state index contributed by atoms with van der Waals surface area (Å²) in [7, 11) is 1.80. The molecule has 4 nitrogen and oxygen atoms in total. The van der Waals surface area contributed by atoms with E-state index in [9.17, 15) is 13.2 Å². The fraction of sp³-hybridized carbons (Fsp3) is 0.750. The SMILES string of the molecule is CCCNC(COCC(F)(F)F)Cc1ccn(C)n1. The second-order valence-corrected chi connectivity index (χ2v) is 4.47. The third kappa shape index (κ3) is 7.17. The molecule has 19 heavy (non-hydrogen) atoms. The monoisotopic (exact) mass is 279 g/mol. The average molecular weight is 279 g/mol. The fourth-order valence-electron chi connectivity index (χ4n) is 1.68. The minimum Gasteiger partial charge on any atom is -0.370 e. The molecule has 0 saturated heterocycles. The summed E-state index contributed by atoms with van der Waals surface area (Å²) in [6.07, 6.45) is -1.00. The van der Waals surface area contributed by atoms with Crippen LogP contribution in [0.15, 0.2) is 12.3 Å². The summed E-state index contributed by atoms with van der Waals surface area (Å²) in [6.45, 7) is 1.56. The van der Waals surface area contributed by atoms with Crippen LogP contribution in [0.2, 0.25) is 0 Å². The molecular formula is C12H20F3N3O. The molecule has 1 aromatic heterocycles. The van der Waals surface area contributed by atoms with E-state index in [0.29, 0.717) is 6.42 Å². The number of nitrogens with one attached hydrogen (secondary N) is 1. The Morgan fingerprint density at radius 3 is 2.74 bits per heavy atom. The molecule has 1 rings (SSSR count). The molecule has 1 aromatic rings. The number of aryl methyl sites for hydroxylation is 1. The van der Waals surface area contributed by atoms with Crippen molar-refractivity contribution in [2.24, 2.45) is 7.05 Å². The van der Waals surface area contributed by atoms with Crippen LogP contribution in [0.5, 0.6) is 0 Å². The zero-order chi connectivity index (χ0) is 14.3. The van der Waals surface area contributed by atoms with Crippen molar-refractivity contribution in [3.05, 3.63) is 18.0 Å². The molecular weight excluding hydrogens is 259 g/mol. The summed E-state index contributed by atoms with van der Waals surface area (Å²) in [6, 6.07) is 1.70. The van der Waals surface area contributed by atoms with Crippen LogP contribution >= 0.6 is 0 Å². The highest BCUT2D eigenvalue weighted by atomic mass is 19.4. The molecule has 0 aliphatic heterocycles. The summed E-state index contributed by atoms with van der Waals surface area (Å²) in [5.74, 6) is 0. The van der Waals surface area contributed by atoms with Crippen molar-refractivity contribution >= 4 is 0 Å². The lowest BCUT2D eigenvalue weighted by molar-refractivity contribution is -0.175. The number of nitrogens with zero attached hydrogens (tertiary/aromatic N) is 2. The van der Waals surface area contributed by atoms with Gasteiger partial charge in [-0.05, 0) is 19.0 Å². The van der Waals surface area contributed by atoms with Crippen LogP contribution in [0.25, 0.3) is 0 Å². The smallest absolute Gasteiger partial charge is 0.370 e. The molecule has 1 heterocycles. The molecule has 1 atom stereocenters. The normalized spacial score (nSPS) is 13.7. The number of hydrogen-bond donors (Lipinski definition) is 1. The van der Waals surface area contributed by atoms with Gasteiger partial charge in [-0.2, -0.15) is 18.3 Å². The van der Waals surface area contributed by atoms with Gasteiger partial charge in [0.1, 0.15) is 6.61 Å². The number of rotatable bonds is 8. The third-order valence-corrected chi connectivity index (χ3v) is 2.49. The van der Waals surface area contributed by atoms with Crippen LogP contribution in [-0.4, -0.2) is 41.8 Å².